The molecule has 1 rings (SSSR count). The summed E-state index contributed by atoms with van der Waals surface area (Å²) in [5.41, 5.74) is 2.13. The second kappa shape index (κ2) is 5.79. The second-order valence-corrected chi connectivity index (χ2v) is 4.34. The highest BCUT2D eigenvalue weighted by atomic mass is 32.2. The van der Waals surface area contributed by atoms with E-state index >= 15 is 0 Å². The molecule has 1 aromatic heterocycles. The van der Waals surface area contributed by atoms with Crippen molar-refractivity contribution in [2.75, 3.05) is 25.2 Å². The van der Waals surface area contributed by atoms with Crippen molar-refractivity contribution in [3.63, 3.8) is 0 Å². The lowest BCUT2D eigenvalue weighted by atomic mass is 10.3. The summed E-state index contributed by atoms with van der Waals surface area (Å²) in [5.74, 6) is 1.92. The van der Waals surface area contributed by atoms with Crippen molar-refractivity contribution in [3.05, 3.63) is 11.3 Å². The third kappa shape index (κ3) is 2.91. The van der Waals surface area contributed by atoms with E-state index in [1.807, 2.05) is 25.7 Å². The van der Waals surface area contributed by atoms with Crippen molar-refractivity contribution in [1.82, 2.24) is 9.78 Å². The first-order valence-corrected chi connectivity index (χ1v) is 6.10. The van der Waals surface area contributed by atoms with Crippen LogP contribution in [0.5, 0.6) is 0 Å². The molecular formula is C10H17N3O2S. The Kier molecular flexibility index (Phi) is 4.67. The highest BCUT2D eigenvalue weighted by Gasteiger charge is 2.12. The van der Waals surface area contributed by atoms with Gasteiger partial charge in [-0.25, -0.2) is 0 Å². The number of aryl methyl sites for hydroxylation is 2. The standard InChI is InChI=1S/C10H17N3O2S/c1-7-8(5-16-6-9(14)15-4)10(11-2)13(3)12-7/h11H,5-6H2,1-4H3. The molecule has 0 aliphatic rings. The van der Waals surface area contributed by atoms with Gasteiger partial charge in [-0.2, -0.15) is 5.10 Å². The molecule has 90 valence electrons. The van der Waals surface area contributed by atoms with Crippen LogP contribution in [0.4, 0.5) is 5.82 Å². The number of carbonyl (C=O) groups excluding carboxylic acids is 1. The number of ether oxygens (including phenoxy) is 1. The summed E-state index contributed by atoms with van der Waals surface area (Å²) in [7, 11) is 5.16. The Labute approximate surface area is 99.5 Å². The zero-order valence-corrected chi connectivity index (χ0v) is 10.8. The maximum Gasteiger partial charge on any atom is 0.315 e. The summed E-state index contributed by atoms with van der Waals surface area (Å²) in [6, 6.07) is 0. The Morgan fingerprint density at radius 2 is 2.31 bits per heavy atom. The van der Waals surface area contributed by atoms with Crippen LogP contribution in [-0.2, 0) is 22.3 Å². The molecule has 0 bridgehead atoms. The van der Waals surface area contributed by atoms with E-state index in [0.29, 0.717) is 5.75 Å². The van der Waals surface area contributed by atoms with E-state index in [-0.39, 0.29) is 5.97 Å². The third-order valence-electron chi connectivity index (χ3n) is 2.28. The first-order valence-electron chi connectivity index (χ1n) is 4.95. The first kappa shape index (κ1) is 12.9. The molecule has 0 aliphatic heterocycles. The van der Waals surface area contributed by atoms with Crippen LogP contribution in [0.1, 0.15) is 11.3 Å². The van der Waals surface area contributed by atoms with E-state index < -0.39 is 0 Å². The molecule has 0 saturated carbocycles. The minimum absolute atomic E-state index is 0.197. The maximum absolute atomic E-state index is 11.0. The molecule has 0 fully saturated rings. The minimum atomic E-state index is -0.197. The number of hydrogen-bond acceptors (Lipinski definition) is 5. The molecule has 6 heteroatoms. The van der Waals surface area contributed by atoms with Gasteiger partial charge in [0.1, 0.15) is 5.82 Å². The molecule has 1 heterocycles. The summed E-state index contributed by atoms with van der Waals surface area (Å²) < 4.78 is 6.39. The molecule has 1 N–H and O–H groups in total. The number of anilines is 1. The maximum atomic E-state index is 11.0. The van der Waals surface area contributed by atoms with E-state index in [1.165, 1.54) is 18.9 Å². The Hall–Kier alpha value is -1.17. The molecule has 0 spiro atoms. The van der Waals surface area contributed by atoms with E-state index in [1.54, 1.807) is 0 Å². The van der Waals surface area contributed by atoms with Crippen LogP contribution in [0.2, 0.25) is 0 Å². The Balaban J connectivity index is 2.62. The van der Waals surface area contributed by atoms with Crippen molar-refractivity contribution >= 4 is 23.5 Å². The van der Waals surface area contributed by atoms with Gasteiger partial charge in [0.15, 0.2) is 0 Å². The van der Waals surface area contributed by atoms with Crippen molar-refractivity contribution in [2.45, 2.75) is 12.7 Å². The zero-order chi connectivity index (χ0) is 12.1. The highest BCUT2D eigenvalue weighted by Crippen LogP contribution is 2.23. The van der Waals surface area contributed by atoms with Crippen molar-refractivity contribution in [3.8, 4) is 0 Å². The smallest absolute Gasteiger partial charge is 0.315 e. The number of carbonyl (C=O) groups is 1. The molecular weight excluding hydrogens is 226 g/mol. The summed E-state index contributed by atoms with van der Waals surface area (Å²) in [6.07, 6.45) is 0. The van der Waals surface area contributed by atoms with Crippen molar-refractivity contribution < 1.29 is 9.53 Å². The van der Waals surface area contributed by atoms with Gasteiger partial charge < -0.3 is 10.1 Å². The predicted octanol–water partition coefficient (Wildman–Crippen LogP) is 1.18. The average Bonchev–Trinajstić information content (AvgIpc) is 2.53. The quantitative estimate of drug-likeness (QED) is 0.787. The Morgan fingerprint density at radius 1 is 1.62 bits per heavy atom. The lowest BCUT2D eigenvalue weighted by molar-refractivity contribution is -0.137. The number of nitrogens with zero attached hydrogens (tertiary/aromatic N) is 2. The van der Waals surface area contributed by atoms with Gasteiger partial charge in [-0.1, -0.05) is 0 Å². The van der Waals surface area contributed by atoms with Gasteiger partial charge in [0, 0.05) is 25.4 Å². The zero-order valence-electron chi connectivity index (χ0n) is 10.0. The van der Waals surface area contributed by atoms with E-state index in [9.17, 15) is 4.79 Å². The number of thioether (sulfide) groups is 1. The normalized spacial score (nSPS) is 10.2. The lowest BCUT2D eigenvalue weighted by Crippen LogP contribution is -2.04. The first-order chi connectivity index (χ1) is 7.60. The Bertz CT molecular complexity index is 376. The van der Waals surface area contributed by atoms with Gasteiger partial charge in [0.2, 0.25) is 0 Å². The molecule has 0 atom stereocenters. The molecule has 0 radical (unpaired) electrons. The fourth-order valence-corrected chi connectivity index (χ4v) is 2.42. The van der Waals surface area contributed by atoms with Gasteiger partial charge in [0.05, 0.1) is 18.6 Å². The fraction of sp³-hybridized carbons (Fsp3) is 0.600. The molecule has 1 aromatic rings. The fourth-order valence-electron chi connectivity index (χ4n) is 1.48. The third-order valence-corrected chi connectivity index (χ3v) is 3.21. The Morgan fingerprint density at radius 3 is 2.88 bits per heavy atom. The van der Waals surface area contributed by atoms with Crippen LogP contribution < -0.4 is 5.32 Å². The number of rotatable bonds is 5. The van der Waals surface area contributed by atoms with E-state index in [4.69, 9.17) is 0 Å². The molecule has 0 amide bonds. The minimum Gasteiger partial charge on any atom is -0.468 e. The summed E-state index contributed by atoms with van der Waals surface area (Å²) in [5, 5.41) is 7.43. The summed E-state index contributed by atoms with van der Waals surface area (Å²) in [4.78, 5) is 11.0. The van der Waals surface area contributed by atoms with Crippen molar-refractivity contribution in [2.24, 2.45) is 7.05 Å². The number of hydrogen-bond donors (Lipinski definition) is 1. The van der Waals surface area contributed by atoms with Crippen LogP contribution in [0.15, 0.2) is 0 Å². The van der Waals surface area contributed by atoms with Gasteiger partial charge in [0.25, 0.3) is 0 Å². The number of aromatic nitrogens is 2. The van der Waals surface area contributed by atoms with E-state index in [0.717, 1.165) is 22.8 Å². The molecule has 0 aromatic carbocycles. The number of methoxy groups -OCH3 is 1. The molecule has 0 saturated heterocycles. The largest absolute Gasteiger partial charge is 0.468 e. The molecule has 16 heavy (non-hydrogen) atoms. The van der Waals surface area contributed by atoms with Crippen LogP contribution in [0.3, 0.4) is 0 Å². The highest BCUT2D eigenvalue weighted by molar-refractivity contribution is 7.99. The van der Waals surface area contributed by atoms with Crippen molar-refractivity contribution in [1.29, 1.82) is 0 Å². The predicted molar refractivity (Wildman–Crippen MR) is 65.7 cm³/mol. The van der Waals surface area contributed by atoms with Gasteiger partial charge >= 0.3 is 5.97 Å². The van der Waals surface area contributed by atoms with Crippen LogP contribution in [0.25, 0.3) is 0 Å². The monoisotopic (exact) mass is 243 g/mol. The SMILES string of the molecule is CNc1c(CSCC(=O)OC)c(C)nn1C. The summed E-state index contributed by atoms with van der Waals surface area (Å²) in [6.45, 7) is 1.97. The topological polar surface area (TPSA) is 56.1 Å². The molecule has 5 nitrogen and oxygen atoms in total. The average molecular weight is 243 g/mol. The lowest BCUT2D eigenvalue weighted by Gasteiger charge is -2.05. The number of esters is 1. The van der Waals surface area contributed by atoms with Gasteiger partial charge in [-0.05, 0) is 6.92 Å². The molecule has 0 unspecified atom stereocenters. The van der Waals surface area contributed by atoms with E-state index in [2.05, 4.69) is 15.2 Å². The molecule has 0 aliphatic carbocycles. The number of nitrogens with one attached hydrogen (secondary N) is 1. The second-order valence-electron chi connectivity index (χ2n) is 3.36. The van der Waals surface area contributed by atoms with Crippen LogP contribution in [-0.4, -0.2) is 35.7 Å². The van der Waals surface area contributed by atoms with Crippen LogP contribution >= 0.6 is 11.8 Å². The van der Waals surface area contributed by atoms with Crippen LogP contribution in [0, 0.1) is 6.92 Å². The summed E-state index contributed by atoms with van der Waals surface area (Å²) >= 11 is 1.53. The van der Waals surface area contributed by atoms with Gasteiger partial charge in [-0.3, -0.25) is 9.48 Å². The van der Waals surface area contributed by atoms with Gasteiger partial charge in [-0.15, -0.1) is 11.8 Å².